The average molecular weight is 269 g/mol. The van der Waals surface area contributed by atoms with Gasteiger partial charge in [0.1, 0.15) is 5.75 Å². The Morgan fingerprint density at radius 1 is 1.70 bits per heavy atom. The van der Waals surface area contributed by atoms with Gasteiger partial charge in [0.05, 0.1) is 17.8 Å². The minimum absolute atomic E-state index is 0.179. The van der Waals surface area contributed by atoms with Gasteiger partial charge in [-0.3, -0.25) is 4.98 Å². The van der Waals surface area contributed by atoms with Crippen molar-refractivity contribution in [3.63, 3.8) is 0 Å². The first-order valence-electron chi connectivity index (χ1n) is 2.63. The molecule has 0 aliphatic heterocycles. The van der Waals surface area contributed by atoms with Crippen molar-refractivity contribution in [3.8, 4) is 5.75 Å². The van der Waals surface area contributed by atoms with E-state index in [1.807, 2.05) is 0 Å². The summed E-state index contributed by atoms with van der Waals surface area (Å²) in [6.07, 6.45) is 1.39. The fourth-order valence-corrected chi connectivity index (χ4v) is 1.64. The Hall–Kier alpha value is -0.0300. The predicted octanol–water partition coefficient (Wildman–Crippen LogP) is 2.13. The predicted molar refractivity (Wildman–Crippen MR) is 48.2 cm³/mol. The Balaban J connectivity index is 3.07. The summed E-state index contributed by atoms with van der Waals surface area (Å²) in [5.41, 5.74) is 0.806. The zero-order valence-electron chi connectivity index (χ0n) is 5.01. The van der Waals surface area contributed by atoms with Gasteiger partial charge in [-0.2, -0.15) is 0 Å². The normalized spacial score (nSPS) is 9.80. The van der Waals surface area contributed by atoms with Gasteiger partial charge >= 0.3 is 0 Å². The van der Waals surface area contributed by atoms with E-state index >= 15 is 0 Å². The van der Waals surface area contributed by atoms with Crippen LogP contribution < -0.4 is 0 Å². The molecule has 10 heavy (non-hydrogen) atoms. The summed E-state index contributed by atoms with van der Waals surface area (Å²) in [6.45, 7) is 0. The lowest BCUT2D eigenvalue weighted by Crippen LogP contribution is -1.87. The van der Waals surface area contributed by atoms with Crippen LogP contribution in [0.4, 0.5) is 0 Å². The third-order valence-electron chi connectivity index (χ3n) is 1.03. The number of nitrogens with zero attached hydrogens (tertiary/aromatic N) is 1. The van der Waals surface area contributed by atoms with Crippen molar-refractivity contribution in [3.05, 3.63) is 21.5 Å². The van der Waals surface area contributed by atoms with E-state index in [1.165, 1.54) is 6.20 Å². The van der Waals surface area contributed by atoms with Crippen LogP contribution in [0.5, 0.6) is 5.75 Å². The van der Waals surface area contributed by atoms with Gasteiger partial charge in [-0.1, -0.05) is 0 Å². The quantitative estimate of drug-likeness (QED) is 0.626. The molecule has 1 N–H and O–H groups in total. The number of hydrogen-bond donors (Lipinski definition) is 1. The minimum Gasteiger partial charge on any atom is -0.506 e. The molecule has 1 aromatic heterocycles. The van der Waals surface area contributed by atoms with E-state index in [0.29, 0.717) is 5.88 Å². The second kappa shape index (κ2) is 3.39. The molecule has 1 aromatic rings. The van der Waals surface area contributed by atoms with Crippen molar-refractivity contribution >= 4 is 34.2 Å². The van der Waals surface area contributed by atoms with E-state index in [4.69, 9.17) is 16.7 Å². The molecule has 54 valence electrons. The third kappa shape index (κ3) is 1.73. The van der Waals surface area contributed by atoms with Crippen molar-refractivity contribution < 1.29 is 5.11 Å². The van der Waals surface area contributed by atoms with Crippen molar-refractivity contribution in [2.75, 3.05) is 0 Å². The van der Waals surface area contributed by atoms with E-state index in [2.05, 4.69) is 27.6 Å². The van der Waals surface area contributed by atoms with Gasteiger partial charge in [0, 0.05) is 3.57 Å². The molecule has 0 fully saturated rings. The van der Waals surface area contributed by atoms with Crippen molar-refractivity contribution in [1.29, 1.82) is 0 Å². The summed E-state index contributed by atoms with van der Waals surface area (Å²) < 4.78 is 0.896. The molecule has 0 spiro atoms. The Kier molecular flexibility index (Phi) is 2.73. The highest BCUT2D eigenvalue weighted by Crippen LogP contribution is 2.16. The molecule has 0 amide bonds. The fourth-order valence-electron chi connectivity index (χ4n) is 0.554. The third-order valence-corrected chi connectivity index (χ3v) is 2.22. The van der Waals surface area contributed by atoms with Gasteiger partial charge in [-0.15, -0.1) is 11.6 Å². The van der Waals surface area contributed by atoms with Crippen LogP contribution in [0.1, 0.15) is 5.69 Å². The number of aromatic hydroxyl groups is 1. The van der Waals surface area contributed by atoms with Crippen LogP contribution in [0.15, 0.2) is 12.3 Å². The zero-order chi connectivity index (χ0) is 7.56. The highest BCUT2D eigenvalue weighted by molar-refractivity contribution is 14.1. The Morgan fingerprint density at radius 3 is 2.90 bits per heavy atom. The zero-order valence-corrected chi connectivity index (χ0v) is 7.93. The van der Waals surface area contributed by atoms with E-state index in [0.717, 1.165) is 9.26 Å². The molecule has 0 aliphatic carbocycles. The standard InChI is InChI=1S/C6H5ClINO/c7-2-6-5(8)1-4(10)3-9-6/h1,3,10H,2H2. The second-order valence-electron chi connectivity index (χ2n) is 1.76. The second-order valence-corrected chi connectivity index (χ2v) is 3.19. The van der Waals surface area contributed by atoms with E-state index in [-0.39, 0.29) is 5.75 Å². The molecule has 0 bridgehead atoms. The summed E-state index contributed by atoms with van der Waals surface area (Å²) in [5.74, 6) is 0.566. The molecule has 0 unspecified atom stereocenters. The van der Waals surface area contributed by atoms with Crippen LogP contribution in [-0.4, -0.2) is 10.1 Å². The summed E-state index contributed by atoms with van der Waals surface area (Å²) in [6, 6.07) is 1.63. The number of hydrogen-bond acceptors (Lipinski definition) is 2. The van der Waals surface area contributed by atoms with Gasteiger partial charge in [-0.05, 0) is 28.7 Å². The molecule has 0 saturated heterocycles. The molecule has 1 heterocycles. The van der Waals surface area contributed by atoms with E-state index < -0.39 is 0 Å². The molecule has 0 atom stereocenters. The first kappa shape index (κ1) is 8.07. The molecule has 0 radical (unpaired) electrons. The van der Waals surface area contributed by atoms with Crippen molar-refractivity contribution in [1.82, 2.24) is 4.98 Å². The van der Waals surface area contributed by atoms with E-state index in [9.17, 15) is 0 Å². The number of pyridine rings is 1. The highest BCUT2D eigenvalue weighted by Gasteiger charge is 1.99. The maximum absolute atomic E-state index is 8.92. The molecule has 4 heteroatoms. The molecular formula is C6H5ClINO. The lowest BCUT2D eigenvalue weighted by molar-refractivity contribution is 0.471. The minimum atomic E-state index is 0.179. The largest absolute Gasteiger partial charge is 0.506 e. The summed E-state index contributed by atoms with van der Waals surface area (Å²) in [7, 11) is 0. The lowest BCUT2D eigenvalue weighted by atomic mass is 10.4. The molecule has 0 aromatic carbocycles. The summed E-state index contributed by atoms with van der Waals surface area (Å²) in [5, 5.41) is 8.92. The van der Waals surface area contributed by atoms with Crippen LogP contribution in [0, 0.1) is 3.57 Å². The lowest BCUT2D eigenvalue weighted by Gasteiger charge is -1.97. The summed E-state index contributed by atoms with van der Waals surface area (Å²) in [4.78, 5) is 3.91. The number of halogens is 2. The smallest absolute Gasteiger partial charge is 0.134 e. The number of aromatic nitrogens is 1. The molecule has 1 rings (SSSR count). The highest BCUT2D eigenvalue weighted by atomic mass is 127. The SMILES string of the molecule is Oc1cnc(CCl)c(I)c1. The maximum atomic E-state index is 8.92. The van der Waals surface area contributed by atoms with Gasteiger partial charge in [0.25, 0.3) is 0 Å². The van der Waals surface area contributed by atoms with Gasteiger partial charge in [0.15, 0.2) is 0 Å². The Labute approximate surface area is 77.4 Å². The van der Waals surface area contributed by atoms with Crippen LogP contribution in [0.2, 0.25) is 0 Å². The Bertz CT molecular complexity index is 241. The Morgan fingerprint density at radius 2 is 2.40 bits per heavy atom. The number of alkyl halides is 1. The molecular weight excluding hydrogens is 264 g/mol. The molecule has 0 aliphatic rings. The van der Waals surface area contributed by atoms with E-state index in [1.54, 1.807) is 6.07 Å². The fraction of sp³-hybridized carbons (Fsp3) is 0.167. The topological polar surface area (TPSA) is 33.1 Å². The van der Waals surface area contributed by atoms with Crippen LogP contribution in [0.3, 0.4) is 0 Å². The van der Waals surface area contributed by atoms with Crippen molar-refractivity contribution in [2.24, 2.45) is 0 Å². The van der Waals surface area contributed by atoms with Gasteiger partial charge in [0.2, 0.25) is 0 Å². The van der Waals surface area contributed by atoms with Crippen LogP contribution in [-0.2, 0) is 5.88 Å². The first-order chi connectivity index (χ1) is 4.74. The van der Waals surface area contributed by atoms with Crippen LogP contribution >= 0.6 is 34.2 Å². The molecule has 2 nitrogen and oxygen atoms in total. The van der Waals surface area contributed by atoms with Gasteiger partial charge in [-0.25, -0.2) is 0 Å². The monoisotopic (exact) mass is 269 g/mol. The van der Waals surface area contributed by atoms with Gasteiger partial charge < -0.3 is 5.11 Å². The maximum Gasteiger partial charge on any atom is 0.134 e. The summed E-state index contributed by atoms with van der Waals surface area (Å²) >= 11 is 7.61. The molecule has 0 saturated carbocycles. The average Bonchev–Trinajstić information content (AvgIpc) is 1.88. The first-order valence-corrected chi connectivity index (χ1v) is 4.24. The van der Waals surface area contributed by atoms with Crippen molar-refractivity contribution in [2.45, 2.75) is 5.88 Å². The number of rotatable bonds is 1. The van der Waals surface area contributed by atoms with Crippen LogP contribution in [0.25, 0.3) is 0 Å².